The molecule has 1 amide bonds. The van der Waals surface area contributed by atoms with E-state index in [1.54, 1.807) is 45.9 Å². The highest BCUT2D eigenvalue weighted by Crippen LogP contribution is 2.21. The molecule has 0 saturated carbocycles. The van der Waals surface area contributed by atoms with E-state index < -0.39 is 17.7 Å². The minimum atomic E-state index is -1.07. The molecule has 0 saturated heterocycles. The number of anilines is 1. The number of ether oxygens (including phenoxy) is 1. The number of benzene rings is 1. The summed E-state index contributed by atoms with van der Waals surface area (Å²) in [7, 11) is 0. The van der Waals surface area contributed by atoms with Crippen LogP contribution in [-0.4, -0.2) is 29.3 Å². The fraction of sp³-hybridized carbons (Fsp3) is 0.375. The summed E-state index contributed by atoms with van der Waals surface area (Å²) in [5.41, 5.74) is 6.95. The third-order valence-corrected chi connectivity index (χ3v) is 2.65. The molecule has 1 rings (SSSR count). The van der Waals surface area contributed by atoms with E-state index in [9.17, 15) is 9.59 Å². The van der Waals surface area contributed by atoms with Crippen LogP contribution in [0.2, 0.25) is 0 Å². The third-order valence-electron chi connectivity index (χ3n) is 2.65. The standard InChI is InChI=1S/C16H22N2O4/c1-10-8-11(13(17)12(9-10)14(19)20)6-5-7-18-15(21)22-16(2,3)4/h5-6,8-9H,7,17H2,1-4H3,(H,18,21)(H,19,20). The van der Waals surface area contributed by atoms with Gasteiger partial charge in [0.2, 0.25) is 0 Å². The molecule has 0 spiro atoms. The van der Waals surface area contributed by atoms with Gasteiger partial charge >= 0.3 is 12.1 Å². The number of nitrogen functional groups attached to an aromatic ring is 1. The van der Waals surface area contributed by atoms with E-state index in [4.69, 9.17) is 15.6 Å². The summed E-state index contributed by atoms with van der Waals surface area (Å²) in [6.07, 6.45) is 2.84. The topological polar surface area (TPSA) is 102 Å². The molecule has 0 radical (unpaired) electrons. The SMILES string of the molecule is Cc1cc(C=CCNC(=O)OC(C)(C)C)c(N)c(C(=O)O)c1. The number of nitrogens with two attached hydrogens (primary N) is 1. The Bertz CT molecular complexity index is 601. The zero-order valence-corrected chi connectivity index (χ0v) is 13.3. The molecule has 0 fully saturated rings. The Morgan fingerprint density at radius 2 is 2.00 bits per heavy atom. The second-order valence-electron chi connectivity index (χ2n) is 5.91. The normalized spacial score (nSPS) is 11.5. The Morgan fingerprint density at radius 3 is 2.55 bits per heavy atom. The minimum absolute atomic E-state index is 0.0692. The van der Waals surface area contributed by atoms with Crippen molar-refractivity contribution < 1.29 is 19.4 Å². The van der Waals surface area contributed by atoms with Crippen LogP contribution in [0.5, 0.6) is 0 Å². The molecule has 0 aliphatic heterocycles. The Hall–Kier alpha value is -2.50. The maximum Gasteiger partial charge on any atom is 0.407 e. The van der Waals surface area contributed by atoms with Gasteiger partial charge in [0.1, 0.15) is 5.60 Å². The van der Waals surface area contributed by atoms with Gasteiger partial charge in [-0.05, 0) is 51.0 Å². The predicted octanol–water partition coefficient (Wildman–Crippen LogP) is 2.81. The maximum atomic E-state index is 11.5. The number of nitrogens with one attached hydrogen (secondary N) is 1. The van der Waals surface area contributed by atoms with Gasteiger partial charge < -0.3 is 20.9 Å². The minimum Gasteiger partial charge on any atom is -0.478 e. The lowest BCUT2D eigenvalue weighted by Gasteiger charge is -2.19. The number of aromatic carboxylic acids is 1. The average Bonchev–Trinajstić information content (AvgIpc) is 2.35. The summed E-state index contributed by atoms with van der Waals surface area (Å²) in [5, 5.41) is 11.7. The molecule has 6 nitrogen and oxygen atoms in total. The van der Waals surface area contributed by atoms with Gasteiger partial charge in [0.15, 0.2) is 0 Å². The Balaban J connectivity index is 2.72. The lowest BCUT2D eigenvalue weighted by atomic mass is 10.0. The van der Waals surface area contributed by atoms with Crippen molar-refractivity contribution in [3.8, 4) is 0 Å². The molecule has 0 aromatic heterocycles. The van der Waals surface area contributed by atoms with Crippen molar-refractivity contribution in [2.75, 3.05) is 12.3 Å². The van der Waals surface area contributed by atoms with Crippen LogP contribution in [0.15, 0.2) is 18.2 Å². The van der Waals surface area contributed by atoms with Gasteiger partial charge in [-0.1, -0.05) is 12.2 Å². The fourth-order valence-corrected chi connectivity index (χ4v) is 1.78. The highest BCUT2D eigenvalue weighted by Gasteiger charge is 2.15. The number of carboxylic acid groups (broad SMARTS) is 1. The van der Waals surface area contributed by atoms with Crippen molar-refractivity contribution in [1.29, 1.82) is 0 Å². The van der Waals surface area contributed by atoms with E-state index >= 15 is 0 Å². The van der Waals surface area contributed by atoms with E-state index in [0.717, 1.165) is 5.56 Å². The molecule has 6 heteroatoms. The average molecular weight is 306 g/mol. The molecule has 0 heterocycles. The zero-order chi connectivity index (χ0) is 16.9. The van der Waals surface area contributed by atoms with E-state index in [1.807, 2.05) is 0 Å². The van der Waals surface area contributed by atoms with Crippen LogP contribution >= 0.6 is 0 Å². The number of rotatable bonds is 4. The summed E-state index contributed by atoms with van der Waals surface area (Å²) >= 11 is 0. The number of hydrogen-bond donors (Lipinski definition) is 3. The van der Waals surface area contributed by atoms with E-state index in [0.29, 0.717) is 5.56 Å². The van der Waals surface area contributed by atoms with Crippen molar-refractivity contribution in [2.24, 2.45) is 0 Å². The Labute approximate surface area is 130 Å². The summed E-state index contributed by atoms with van der Waals surface area (Å²) in [4.78, 5) is 22.6. The molecule has 120 valence electrons. The molecule has 0 unspecified atom stereocenters. The molecule has 4 N–H and O–H groups in total. The fourth-order valence-electron chi connectivity index (χ4n) is 1.78. The van der Waals surface area contributed by atoms with Gasteiger partial charge in [-0.15, -0.1) is 0 Å². The van der Waals surface area contributed by atoms with Crippen LogP contribution in [0, 0.1) is 6.92 Å². The second-order valence-corrected chi connectivity index (χ2v) is 5.91. The number of carbonyl (C=O) groups is 2. The van der Waals surface area contributed by atoms with Crippen molar-refractivity contribution in [3.63, 3.8) is 0 Å². The predicted molar refractivity (Wildman–Crippen MR) is 85.8 cm³/mol. The highest BCUT2D eigenvalue weighted by molar-refractivity contribution is 5.96. The summed E-state index contributed by atoms with van der Waals surface area (Å²) in [6, 6.07) is 3.31. The number of carboxylic acids is 1. The molecule has 1 aromatic carbocycles. The molecule has 0 aliphatic rings. The molecule has 22 heavy (non-hydrogen) atoms. The summed E-state index contributed by atoms with van der Waals surface area (Å²) < 4.78 is 5.10. The Kier molecular flexibility index (Phi) is 5.56. The Morgan fingerprint density at radius 1 is 1.36 bits per heavy atom. The first-order valence-corrected chi connectivity index (χ1v) is 6.87. The lowest BCUT2D eigenvalue weighted by Crippen LogP contribution is -2.32. The third kappa shape index (κ3) is 5.47. The van der Waals surface area contributed by atoms with Crippen LogP contribution in [0.1, 0.15) is 42.3 Å². The first-order chi connectivity index (χ1) is 10.1. The largest absolute Gasteiger partial charge is 0.478 e. The van der Waals surface area contributed by atoms with Gasteiger partial charge in [0, 0.05) is 6.54 Å². The van der Waals surface area contributed by atoms with Gasteiger partial charge in [-0.3, -0.25) is 0 Å². The smallest absolute Gasteiger partial charge is 0.407 e. The van der Waals surface area contributed by atoms with Gasteiger partial charge in [-0.2, -0.15) is 0 Å². The van der Waals surface area contributed by atoms with Crippen molar-refractivity contribution in [3.05, 3.63) is 34.9 Å². The van der Waals surface area contributed by atoms with Crippen LogP contribution < -0.4 is 11.1 Å². The zero-order valence-electron chi connectivity index (χ0n) is 13.3. The van der Waals surface area contributed by atoms with Crippen molar-refractivity contribution in [1.82, 2.24) is 5.32 Å². The number of hydrogen-bond acceptors (Lipinski definition) is 4. The second kappa shape index (κ2) is 6.98. The number of amides is 1. The lowest BCUT2D eigenvalue weighted by molar-refractivity contribution is 0.0533. The highest BCUT2D eigenvalue weighted by atomic mass is 16.6. The molecule has 0 bridgehead atoms. The van der Waals surface area contributed by atoms with Gasteiger partial charge in [0.05, 0.1) is 11.3 Å². The van der Waals surface area contributed by atoms with E-state index in [-0.39, 0.29) is 17.8 Å². The van der Waals surface area contributed by atoms with Crippen molar-refractivity contribution in [2.45, 2.75) is 33.3 Å². The van der Waals surface area contributed by atoms with E-state index in [2.05, 4.69) is 5.32 Å². The van der Waals surface area contributed by atoms with Crippen molar-refractivity contribution >= 4 is 23.8 Å². The first-order valence-electron chi connectivity index (χ1n) is 6.87. The number of carbonyl (C=O) groups excluding carboxylic acids is 1. The molecule has 1 aromatic rings. The number of aryl methyl sites for hydroxylation is 1. The van der Waals surface area contributed by atoms with Gasteiger partial charge in [0.25, 0.3) is 0 Å². The van der Waals surface area contributed by atoms with E-state index in [1.165, 1.54) is 6.07 Å². The first kappa shape index (κ1) is 17.6. The van der Waals surface area contributed by atoms with Crippen LogP contribution in [-0.2, 0) is 4.74 Å². The quantitative estimate of drug-likeness (QED) is 0.742. The van der Waals surface area contributed by atoms with Crippen LogP contribution in [0.3, 0.4) is 0 Å². The monoisotopic (exact) mass is 306 g/mol. The number of alkyl carbamates (subject to hydrolysis) is 1. The van der Waals surface area contributed by atoms with Crippen LogP contribution in [0.4, 0.5) is 10.5 Å². The molecule has 0 aliphatic carbocycles. The molecular weight excluding hydrogens is 284 g/mol. The molecular formula is C16H22N2O4. The maximum absolute atomic E-state index is 11.5. The van der Waals surface area contributed by atoms with Gasteiger partial charge in [-0.25, -0.2) is 9.59 Å². The summed E-state index contributed by atoms with van der Waals surface area (Å²) in [5.74, 6) is -1.07. The molecule has 0 atom stereocenters. The summed E-state index contributed by atoms with van der Waals surface area (Å²) in [6.45, 7) is 7.39. The van der Waals surface area contributed by atoms with Crippen LogP contribution in [0.25, 0.3) is 6.08 Å².